The lowest BCUT2D eigenvalue weighted by Crippen LogP contribution is -2.39. The Morgan fingerprint density at radius 3 is 2.68 bits per heavy atom. The number of fused-ring (bicyclic) bond motifs is 1. The molecule has 0 spiro atoms. The van der Waals surface area contributed by atoms with Crippen LogP contribution < -0.4 is 4.90 Å². The van der Waals surface area contributed by atoms with Crippen molar-refractivity contribution in [3.8, 4) is 0 Å². The fourth-order valence-corrected chi connectivity index (χ4v) is 4.96. The fourth-order valence-electron chi connectivity index (χ4n) is 3.75. The zero-order valence-corrected chi connectivity index (χ0v) is 20.3. The van der Waals surface area contributed by atoms with E-state index in [0.29, 0.717) is 28.0 Å². The summed E-state index contributed by atoms with van der Waals surface area (Å²) in [7, 11) is 0. The largest absolute Gasteiger partial charge is 0.466 e. The lowest BCUT2D eigenvalue weighted by atomic mass is 10.2. The van der Waals surface area contributed by atoms with E-state index >= 15 is 0 Å². The van der Waals surface area contributed by atoms with Crippen LogP contribution in [-0.4, -0.2) is 55.2 Å². The van der Waals surface area contributed by atoms with E-state index in [1.54, 1.807) is 4.90 Å². The average molecular weight is 484 g/mol. The van der Waals surface area contributed by atoms with Crippen LogP contribution in [0.3, 0.4) is 0 Å². The van der Waals surface area contributed by atoms with E-state index in [-0.39, 0.29) is 18.3 Å². The van der Waals surface area contributed by atoms with Gasteiger partial charge in [-0.05, 0) is 51.0 Å². The van der Waals surface area contributed by atoms with Crippen molar-refractivity contribution >= 4 is 56.6 Å². The van der Waals surface area contributed by atoms with Crippen molar-refractivity contribution in [2.45, 2.75) is 27.2 Å². The molecule has 0 aliphatic carbocycles. The number of anilines is 1. The lowest BCUT2D eigenvalue weighted by molar-refractivity contribution is 0.0376. The number of ether oxygens (including phenoxy) is 1. The second-order valence-corrected chi connectivity index (χ2v) is 9.02. The summed E-state index contributed by atoms with van der Waals surface area (Å²) in [6.07, 6.45) is 0.858. The number of hydrogen-bond donors (Lipinski definition) is 0. The Hall–Kier alpha value is -1.64. The van der Waals surface area contributed by atoms with Gasteiger partial charge in [0.2, 0.25) is 0 Å². The third kappa shape index (κ3) is 5.23. The maximum atomic E-state index is 13.5. The SMILES string of the molecule is Cc1cc(C(=O)N(CCCN2CCOCC2)c2nc3c(C)c(Cl)ccc3s2)c(C)o1.Cl. The molecule has 2 aromatic heterocycles. The van der Waals surface area contributed by atoms with Gasteiger partial charge < -0.3 is 9.15 Å². The van der Waals surface area contributed by atoms with Crippen LogP contribution >= 0.6 is 35.3 Å². The van der Waals surface area contributed by atoms with Crippen LogP contribution in [0.2, 0.25) is 5.02 Å². The van der Waals surface area contributed by atoms with Gasteiger partial charge in [-0.25, -0.2) is 4.98 Å². The summed E-state index contributed by atoms with van der Waals surface area (Å²) in [6.45, 7) is 10.6. The summed E-state index contributed by atoms with van der Waals surface area (Å²) in [4.78, 5) is 22.4. The quantitative estimate of drug-likeness (QED) is 0.478. The molecule has 4 rings (SSSR count). The lowest BCUT2D eigenvalue weighted by Gasteiger charge is -2.27. The molecule has 31 heavy (non-hydrogen) atoms. The maximum absolute atomic E-state index is 13.5. The summed E-state index contributed by atoms with van der Waals surface area (Å²) in [5.74, 6) is 1.29. The highest BCUT2D eigenvalue weighted by atomic mass is 35.5. The smallest absolute Gasteiger partial charge is 0.263 e. The number of halogens is 2. The molecule has 0 unspecified atom stereocenters. The Morgan fingerprint density at radius 2 is 2.00 bits per heavy atom. The Kier molecular flexibility index (Phi) is 7.99. The van der Waals surface area contributed by atoms with Crippen LogP contribution in [-0.2, 0) is 4.74 Å². The van der Waals surface area contributed by atoms with Crippen LogP contribution in [0, 0.1) is 20.8 Å². The first-order valence-electron chi connectivity index (χ1n) is 10.2. The molecule has 168 valence electrons. The molecule has 3 aromatic rings. The molecule has 1 fully saturated rings. The number of thiazole rings is 1. The van der Waals surface area contributed by atoms with E-state index < -0.39 is 0 Å². The first-order valence-corrected chi connectivity index (χ1v) is 11.4. The molecule has 1 amide bonds. The molecule has 1 aromatic carbocycles. The van der Waals surface area contributed by atoms with Gasteiger partial charge in [-0.1, -0.05) is 22.9 Å². The van der Waals surface area contributed by atoms with Gasteiger partial charge in [-0.3, -0.25) is 14.6 Å². The number of carbonyl (C=O) groups excluding carboxylic acids is 1. The van der Waals surface area contributed by atoms with Crippen molar-refractivity contribution in [1.29, 1.82) is 0 Å². The predicted molar refractivity (Wildman–Crippen MR) is 128 cm³/mol. The van der Waals surface area contributed by atoms with Gasteiger partial charge >= 0.3 is 0 Å². The standard InChI is InChI=1S/C22H26ClN3O3S.ClH/c1-14-13-17(16(3)29-14)21(27)26(8-4-7-25-9-11-28-12-10-25)22-24-20-15(2)18(23)5-6-19(20)30-22;/h5-6,13H,4,7-12H2,1-3H3;1H. The summed E-state index contributed by atoms with van der Waals surface area (Å²) in [5.41, 5.74) is 2.38. The van der Waals surface area contributed by atoms with Gasteiger partial charge in [-0.15, -0.1) is 12.4 Å². The molecule has 0 bridgehead atoms. The molecular weight excluding hydrogens is 457 g/mol. The topological polar surface area (TPSA) is 58.8 Å². The molecule has 3 heterocycles. The van der Waals surface area contributed by atoms with Crippen molar-refractivity contribution in [3.63, 3.8) is 0 Å². The Bertz CT molecular complexity index is 1060. The van der Waals surface area contributed by atoms with E-state index in [1.165, 1.54) is 11.3 Å². The van der Waals surface area contributed by atoms with E-state index in [1.807, 2.05) is 39.0 Å². The normalized spacial score (nSPS) is 14.6. The van der Waals surface area contributed by atoms with Gasteiger partial charge in [0, 0.05) is 31.2 Å². The Morgan fingerprint density at radius 1 is 1.26 bits per heavy atom. The van der Waals surface area contributed by atoms with Crippen LogP contribution in [0.25, 0.3) is 10.2 Å². The van der Waals surface area contributed by atoms with Crippen molar-refractivity contribution in [3.05, 3.63) is 45.9 Å². The second kappa shape index (κ2) is 10.3. The number of furan rings is 1. The molecule has 0 N–H and O–H groups in total. The van der Waals surface area contributed by atoms with Gasteiger partial charge in [-0.2, -0.15) is 0 Å². The third-order valence-electron chi connectivity index (χ3n) is 5.44. The minimum absolute atomic E-state index is 0. The highest BCUT2D eigenvalue weighted by Gasteiger charge is 2.25. The Labute approximate surface area is 197 Å². The summed E-state index contributed by atoms with van der Waals surface area (Å²) in [5, 5.41) is 1.38. The molecule has 0 atom stereocenters. The van der Waals surface area contributed by atoms with E-state index in [9.17, 15) is 4.79 Å². The van der Waals surface area contributed by atoms with Crippen LogP contribution in [0.5, 0.6) is 0 Å². The molecule has 1 aliphatic rings. The van der Waals surface area contributed by atoms with Gasteiger partial charge in [0.15, 0.2) is 5.13 Å². The average Bonchev–Trinajstić information content (AvgIpc) is 3.31. The first-order chi connectivity index (χ1) is 14.4. The van der Waals surface area contributed by atoms with E-state index in [0.717, 1.165) is 60.8 Å². The van der Waals surface area contributed by atoms with Gasteiger partial charge in [0.1, 0.15) is 11.5 Å². The minimum atomic E-state index is -0.0749. The number of benzene rings is 1. The summed E-state index contributed by atoms with van der Waals surface area (Å²) >= 11 is 7.81. The second-order valence-electron chi connectivity index (χ2n) is 7.61. The van der Waals surface area contributed by atoms with Gasteiger partial charge in [0.05, 0.1) is 29.0 Å². The number of nitrogens with zero attached hydrogens (tertiary/aromatic N) is 3. The minimum Gasteiger partial charge on any atom is -0.466 e. The number of rotatable bonds is 6. The molecular formula is C22H27Cl2N3O3S. The number of aromatic nitrogens is 1. The van der Waals surface area contributed by atoms with Crippen molar-refractivity contribution in [2.75, 3.05) is 44.3 Å². The summed E-state index contributed by atoms with van der Waals surface area (Å²) in [6, 6.07) is 5.66. The fraction of sp³-hybridized carbons (Fsp3) is 0.455. The number of hydrogen-bond acceptors (Lipinski definition) is 6. The monoisotopic (exact) mass is 483 g/mol. The van der Waals surface area contributed by atoms with Crippen LogP contribution in [0.4, 0.5) is 5.13 Å². The van der Waals surface area contributed by atoms with Gasteiger partial charge in [0.25, 0.3) is 5.91 Å². The molecule has 0 saturated carbocycles. The number of carbonyl (C=O) groups is 1. The molecule has 9 heteroatoms. The van der Waals surface area contributed by atoms with Crippen LogP contribution in [0.1, 0.15) is 33.9 Å². The zero-order chi connectivity index (χ0) is 21.3. The van der Waals surface area contributed by atoms with Crippen molar-refractivity contribution in [1.82, 2.24) is 9.88 Å². The Balaban J connectivity index is 0.00000272. The number of aryl methyl sites for hydroxylation is 3. The van der Waals surface area contributed by atoms with Crippen molar-refractivity contribution < 1.29 is 13.9 Å². The van der Waals surface area contributed by atoms with Crippen molar-refractivity contribution in [2.24, 2.45) is 0 Å². The zero-order valence-electron chi connectivity index (χ0n) is 17.9. The number of morpholine rings is 1. The third-order valence-corrected chi connectivity index (χ3v) is 6.90. The molecule has 1 saturated heterocycles. The highest BCUT2D eigenvalue weighted by Crippen LogP contribution is 2.34. The maximum Gasteiger partial charge on any atom is 0.263 e. The van der Waals surface area contributed by atoms with E-state index in [2.05, 4.69) is 4.90 Å². The number of amides is 1. The molecule has 0 radical (unpaired) electrons. The molecule has 1 aliphatic heterocycles. The predicted octanol–water partition coefficient (Wildman–Crippen LogP) is 5.26. The molecule has 6 nitrogen and oxygen atoms in total. The van der Waals surface area contributed by atoms with E-state index in [4.69, 9.17) is 25.7 Å². The van der Waals surface area contributed by atoms with Crippen LogP contribution in [0.15, 0.2) is 22.6 Å². The first kappa shape index (κ1) is 24.0. The summed E-state index contributed by atoms with van der Waals surface area (Å²) < 4.78 is 12.1. The highest BCUT2D eigenvalue weighted by molar-refractivity contribution is 7.22.